The van der Waals surface area contributed by atoms with Crippen LogP contribution in [0, 0.1) is 6.92 Å². The molecule has 0 fully saturated rings. The van der Waals surface area contributed by atoms with Crippen LogP contribution in [0.25, 0.3) is 22.8 Å². The summed E-state index contributed by atoms with van der Waals surface area (Å²) < 4.78 is 0. The summed E-state index contributed by atoms with van der Waals surface area (Å²) in [6.07, 6.45) is 4.07. The monoisotopic (exact) mass is 450 g/mol. The van der Waals surface area contributed by atoms with Crippen molar-refractivity contribution in [3.05, 3.63) is 87.4 Å². The minimum Gasteiger partial charge on any atom is -0.322 e. The SMILES string of the molecule is CCc1ccc(-n2nc3cc(C)c(NC(=O)/C=C/c4ccc(Cl)cc4Cl)cc3n2)cc1. The molecule has 0 saturated carbocycles. The molecule has 156 valence electrons. The summed E-state index contributed by atoms with van der Waals surface area (Å²) in [6, 6.07) is 17.0. The molecule has 5 nitrogen and oxygen atoms in total. The number of amides is 1. The van der Waals surface area contributed by atoms with Crippen LogP contribution in [0.4, 0.5) is 5.69 Å². The maximum absolute atomic E-state index is 12.4. The molecule has 0 radical (unpaired) electrons. The van der Waals surface area contributed by atoms with E-state index in [2.05, 4.69) is 34.6 Å². The Balaban J connectivity index is 1.55. The molecule has 0 unspecified atom stereocenters. The van der Waals surface area contributed by atoms with E-state index in [1.165, 1.54) is 11.6 Å². The van der Waals surface area contributed by atoms with Crippen molar-refractivity contribution in [1.29, 1.82) is 0 Å². The Kier molecular flexibility index (Phi) is 6.07. The molecular weight excluding hydrogens is 431 g/mol. The number of aromatic nitrogens is 3. The van der Waals surface area contributed by atoms with Crippen LogP contribution in [-0.4, -0.2) is 20.9 Å². The molecule has 1 aromatic heterocycles. The number of nitrogens with zero attached hydrogens (tertiary/aromatic N) is 3. The summed E-state index contributed by atoms with van der Waals surface area (Å²) in [6.45, 7) is 4.04. The molecule has 1 N–H and O–H groups in total. The predicted octanol–water partition coefficient (Wildman–Crippen LogP) is 6.25. The zero-order valence-electron chi connectivity index (χ0n) is 17.1. The van der Waals surface area contributed by atoms with Gasteiger partial charge in [-0.05, 0) is 72.5 Å². The average molecular weight is 451 g/mol. The minimum absolute atomic E-state index is 0.268. The fourth-order valence-electron chi connectivity index (χ4n) is 3.16. The van der Waals surface area contributed by atoms with Crippen molar-refractivity contribution in [2.45, 2.75) is 20.3 Å². The smallest absolute Gasteiger partial charge is 0.248 e. The molecule has 1 heterocycles. The predicted molar refractivity (Wildman–Crippen MR) is 127 cm³/mol. The maximum atomic E-state index is 12.4. The third-order valence-electron chi connectivity index (χ3n) is 4.94. The van der Waals surface area contributed by atoms with Gasteiger partial charge in [-0.3, -0.25) is 4.79 Å². The lowest BCUT2D eigenvalue weighted by atomic mass is 10.1. The van der Waals surface area contributed by atoms with Gasteiger partial charge in [-0.1, -0.05) is 48.3 Å². The Labute approximate surface area is 190 Å². The van der Waals surface area contributed by atoms with Crippen LogP contribution in [-0.2, 0) is 11.2 Å². The van der Waals surface area contributed by atoms with Crippen molar-refractivity contribution < 1.29 is 4.79 Å². The Morgan fingerprint density at radius 1 is 1.03 bits per heavy atom. The lowest BCUT2D eigenvalue weighted by Gasteiger charge is -2.06. The molecule has 31 heavy (non-hydrogen) atoms. The highest BCUT2D eigenvalue weighted by molar-refractivity contribution is 6.35. The highest BCUT2D eigenvalue weighted by Crippen LogP contribution is 2.24. The number of carbonyl (C=O) groups is 1. The highest BCUT2D eigenvalue weighted by atomic mass is 35.5. The number of fused-ring (bicyclic) bond motifs is 1. The molecule has 0 bridgehead atoms. The first kappa shape index (κ1) is 21.1. The second-order valence-corrected chi connectivity index (χ2v) is 8.00. The van der Waals surface area contributed by atoms with Crippen molar-refractivity contribution in [3.8, 4) is 5.69 Å². The van der Waals surface area contributed by atoms with Crippen molar-refractivity contribution in [2.75, 3.05) is 5.32 Å². The Morgan fingerprint density at radius 2 is 1.74 bits per heavy atom. The van der Waals surface area contributed by atoms with Gasteiger partial charge >= 0.3 is 0 Å². The van der Waals surface area contributed by atoms with Gasteiger partial charge in [0.05, 0.1) is 5.69 Å². The molecule has 0 saturated heterocycles. The molecule has 0 aliphatic rings. The van der Waals surface area contributed by atoms with E-state index >= 15 is 0 Å². The molecule has 4 aromatic rings. The summed E-state index contributed by atoms with van der Waals surface area (Å²) in [7, 11) is 0. The van der Waals surface area contributed by atoms with Gasteiger partial charge in [0.15, 0.2) is 0 Å². The van der Waals surface area contributed by atoms with Gasteiger partial charge in [0.1, 0.15) is 11.0 Å². The quantitative estimate of drug-likeness (QED) is 0.365. The summed E-state index contributed by atoms with van der Waals surface area (Å²) >= 11 is 12.1. The minimum atomic E-state index is -0.268. The first-order valence-electron chi connectivity index (χ1n) is 9.84. The summed E-state index contributed by atoms with van der Waals surface area (Å²) in [5.41, 5.74) is 5.90. The van der Waals surface area contributed by atoms with Crippen molar-refractivity contribution in [1.82, 2.24) is 15.0 Å². The number of halogens is 2. The van der Waals surface area contributed by atoms with E-state index in [1.807, 2.05) is 31.2 Å². The van der Waals surface area contributed by atoms with Crippen LogP contribution in [0.5, 0.6) is 0 Å². The first-order valence-corrected chi connectivity index (χ1v) is 10.6. The maximum Gasteiger partial charge on any atom is 0.248 e. The summed E-state index contributed by atoms with van der Waals surface area (Å²) in [4.78, 5) is 14.0. The van der Waals surface area contributed by atoms with Gasteiger partial charge in [-0.2, -0.15) is 4.80 Å². The average Bonchev–Trinajstić information content (AvgIpc) is 3.16. The third-order valence-corrected chi connectivity index (χ3v) is 5.50. The van der Waals surface area contributed by atoms with Crippen molar-refractivity contribution in [3.63, 3.8) is 0 Å². The van der Waals surface area contributed by atoms with Crippen LogP contribution in [0.15, 0.2) is 60.7 Å². The van der Waals surface area contributed by atoms with E-state index < -0.39 is 0 Å². The first-order chi connectivity index (χ1) is 14.9. The van der Waals surface area contributed by atoms with Crippen LogP contribution < -0.4 is 5.32 Å². The zero-order valence-corrected chi connectivity index (χ0v) is 18.6. The second-order valence-electron chi connectivity index (χ2n) is 7.15. The number of aryl methyl sites for hydroxylation is 2. The van der Waals surface area contributed by atoms with Gasteiger partial charge in [-0.15, -0.1) is 10.2 Å². The van der Waals surface area contributed by atoms with Crippen LogP contribution in [0.2, 0.25) is 10.0 Å². The second kappa shape index (κ2) is 8.92. The lowest BCUT2D eigenvalue weighted by Crippen LogP contribution is -2.09. The summed E-state index contributed by atoms with van der Waals surface area (Å²) in [5, 5.41) is 13.1. The molecule has 0 aliphatic carbocycles. The number of carbonyl (C=O) groups excluding carboxylic acids is 1. The van der Waals surface area contributed by atoms with E-state index in [9.17, 15) is 4.79 Å². The molecule has 0 atom stereocenters. The molecule has 0 aliphatic heterocycles. The van der Waals surface area contributed by atoms with Crippen LogP contribution in [0.1, 0.15) is 23.6 Å². The highest BCUT2D eigenvalue weighted by Gasteiger charge is 2.10. The molecule has 1 amide bonds. The molecule has 7 heteroatoms. The molecule has 4 rings (SSSR count). The zero-order chi connectivity index (χ0) is 22.0. The number of hydrogen-bond donors (Lipinski definition) is 1. The van der Waals surface area contributed by atoms with Crippen molar-refractivity contribution >= 4 is 51.9 Å². The number of nitrogens with one attached hydrogen (secondary N) is 1. The fraction of sp³-hybridized carbons (Fsp3) is 0.125. The van der Waals surface area contributed by atoms with Gasteiger partial charge in [0, 0.05) is 21.8 Å². The summed E-state index contributed by atoms with van der Waals surface area (Å²) in [5.74, 6) is -0.268. The van der Waals surface area contributed by atoms with Gasteiger partial charge in [0.2, 0.25) is 5.91 Å². The normalized spacial score (nSPS) is 11.4. The Hall–Kier alpha value is -3.15. The van der Waals surface area contributed by atoms with E-state index in [0.29, 0.717) is 26.8 Å². The van der Waals surface area contributed by atoms with Crippen LogP contribution in [0.3, 0.4) is 0 Å². The van der Waals surface area contributed by atoms with Gasteiger partial charge in [0.25, 0.3) is 0 Å². The van der Waals surface area contributed by atoms with E-state index in [4.69, 9.17) is 23.2 Å². The van der Waals surface area contributed by atoms with Crippen molar-refractivity contribution in [2.24, 2.45) is 0 Å². The Bertz CT molecular complexity index is 1290. The Morgan fingerprint density at radius 3 is 2.42 bits per heavy atom. The number of benzene rings is 3. The molecular formula is C24H20Cl2N4O. The lowest BCUT2D eigenvalue weighted by molar-refractivity contribution is -0.111. The van der Waals surface area contributed by atoms with Gasteiger partial charge in [-0.25, -0.2) is 0 Å². The van der Waals surface area contributed by atoms with E-state index in [1.54, 1.807) is 29.1 Å². The largest absolute Gasteiger partial charge is 0.322 e. The van der Waals surface area contributed by atoms with Crippen LogP contribution >= 0.6 is 23.2 Å². The standard InChI is InChI=1S/C24H20Cl2N4O/c1-3-16-4-9-19(10-5-16)30-28-22-12-15(2)21(14-23(22)29-30)27-24(31)11-7-17-6-8-18(25)13-20(17)26/h4-14H,3H2,1-2H3,(H,27,31)/b11-7+. The number of hydrogen-bond acceptors (Lipinski definition) is 3. The molecule has 0 spiro atoms. The van der Waals surface area contributed by atoms with Gasteiger partial charge < -0.3 is 5.32 Å². The number of rotatable bonds is 5. The number of anilines is 1. The topological polar surface area (TPSA) is 59.8 Å². The van der Waals surface area contributed by atoms with E-state index in [0.717, 1.165) is 23.2 Å². The van der Waals surface area contributed by atoms with E-state index in [-0.39, 0.29) is 5.91 Å². The fourth-order valence-corrected chi connectivity index (χ4v) is 3.63. The third kappa shape index (κ3) is 4.79. The molecule has 3 aromatic carbocycles.